The van der Waals surface area contributed by atoms with E-state index in [1.807, 2.05) is 0 Å². The SMILES string of the molecule is C[C@]1(F)C(O)[C@@H](COP(=O)(O)OC2C(F)[C@@H](CO)OC2n2cnc3c(=O)[nH]c(N)nc32)OC1n1cnc2c(N)ncnc21. The van der Waals surface area contributed by atoms with Crippen LogP contribution in [0.3, 0.4) is 0 Å². The van der Waals surface area contributed by atoms with Gasteiger partial charge in [-0.1, -0.05) is 0 Å². The van der Waals surface area contributed by atoms with Gasteiger partial charge in [-0.25, -0.2) is 33.3 Å². The molecule has 4 aromatic heterocycles. The van der Waals surface area contributed by atoms with Crippen LogP contribution in [0.5, 0.6) is 0 Å². The Morgan fingerprint density at radius 3 is 2.60 bits per heavy atom. The van der Waals surface area contributed by atoms with Crippen molar-refractivity contribution in [2.24, 2.45) is 0 Å². The number of aromatic amines is 1. The summed E-state index contributed by atoms with van der Waals surface area (Å²) >= 11 is 0. The van der Waals surface area contributed by atoms with E-state index >= 15 is 8.78 Å². The third kappa shape index (κ3) is 4.92. The second-order valence-electron chi connectivity index (χ2n) is 10.0. The number of aliphatic hydroxyl groups excluding tert-OH is 2. The van der Waals surface area contributed by atoms with Crippen molar-refractivity contribution in [3.8, 4) is 0 Å². The van der Waals surface area contributed by atoms with Crippen LogP contribution in [-0.2, 0) is 23.1 Å². The molecule has 232 valence electrons. The minimum absolute atomic E-state index is 0.0275. The number of nitrogen functional groups attached to an aromatic ring is 2. The summed E-state index contributed by atoms with van der Waals surface area (Å²) in [6.45, 7) is -0.679. The zero-order valence-corrected chi connectivity index (χ0v) is 22.9. The van der Waals surface area contributed by atoms with Gasteiger partial charge in [-0.2, -0.15) is 4.98 Å². The number of H-pyrrole nitrogens is 1. The van der Waals surface area contributed by atoms with Crippen LogP contribution in [0.1, 0.15) is 19.4 Å². The number of rotatable bonds is 8. The molecule has 2 fully saturated rings. The average Bonchev–Trinajstić information content (AvgIpc) is 3.68. The number of aliphatic hydroxyl groups is 2. The Labute approximate surface area is 238 Å². The van der Waals surface area contributed by atoms with Crippen LogP contribution in [0.4, 0.5) is 20.5 Å². The third-order valence-electron chi connectivity index (χ3n) is 7.18. The van der Waals surface area contributed by atoms with Gasteiger partial charge in [0.2, 0.25) is 5.95 Å². The topological polar surface area (TPSA) is 274 Å². The van der Waals surface area contributed by atoms with Crippen LogP contribution in [0, 0.1) is 0 Å². The Kier molecular flexibility index (Phi) is 7.17. The lowest BCUT2D eigenvalue weighted by Gasteiger charge is -2.25. The van der Waals surface area contributed by atoms with Crippen molar-refractivity contribution in [2.75, 3.05) is 24.7 Å². The summed E-state index contributed by atoms with van der Waals surface area (Å²) in [5, 5.41) is 20.2. The summed E-state index contributed by atoms with van der Waals surface area (Å²) in [6.07, 6.45) is -8.69. The lowest BCUT2D eigenvalue weighted by atomic mass is 9.98. The number of alkyl halides is 2. The Bertz CT molecular complexity index is 1780. The van der Waals surface area contributed by atoms with E-state index in [1.165, 1.54) is 10.9 Å². The first kappa shape index (κ1) is 29.4. The number of aromatic nitrogens is 8. The van der Waals surface area contributed by atoms with Crippen molar-refractivity contribution in [1.82, 2.24) is 39.0 Å². The number of ether oxygens (including phenoxy) is 2. The number of nitrogens with one attached hydrogen (secondary N) is 1. The minimum Gasteiger partial charge on any atom is -0.394 e. The Balaban J connectivity index is 1.21. The molecule has 0 aromatic carbocycles. The Morgan fingerprint density at radius 2 is 1.86 bits per heavy atom. The highest BCUT2D eigenvalue weighted by Crippen LogP contribution is 2.51. The van der Waals surface area contributed by atoms with E-state index in [0.29, 0.717) is 0 Å². The largest absolute Gasteiger partial charge is 0.472 e. The molecule has 6 heterocycles. The van der Waals surface area contributed by atoms with Gasteiger partial charge in [-0.05, 0) is 6.92 Å². The number of fused-ring (bicyclic) bond motifs is 2. The maximum Gasteiger partial charge on any atom is 0.472 e. The van der Waals surface area contributed by atoms with E-state index in [9.17, 15) is 24.5 Å². The molecule has 0 bridgehead atoms. The van der Waals surface area contributed by atoms with E-state index in [1.54, 1.807) is 0 Å². The molecule has 43 heavy (non-hydrogen) atoms. The fourth-order valence-corrected chi connectivity index (χ4v) is 5.98. The zero-order valence-electron chi connectivity index (χ0n) is 22.0. The molecule has 0 radical (unpaired) electrons. The molecule has 9 atom stereocenters. The number of hydrogen-bond acceptors (Lipinski definition) is 15. The second-order valence-corrected chi connectivity index (χ2v) is 11.4. The van der Waals surface area contributed by atoms with Crippen molar-refractivity contribution in [2.45, 2.75) is 55.6 Å². The van der Waals surface area contributed by atoms with Crippen molar-refractivity contribution < 1.29 is 47.0 Å². The molecule has 2 aliphatic heterocycles. The minimum atomic E-state index is -5.20. The third-order valence-corrected chi connectivity index (χ3v) is 8.17. The predicted molar refractivity (Wildman–Crippen MR) is 138 cm³/mol. The van der Waals surface area contributed by atoms with Gasteiger partial charge in [0.05, 0.1) is 25.9 Å². The summed E-state index contributed by atoms with van der Waals surface area (Å²) in [7, 11) is -5.20. The molecule has 6 rings (SSSR count). The summed E-state index contributed by atoms with van der Waals surface area (Å²) < 4.78 is 67.4. The first-order valence-corrected chi connectivity index (χ1v) is 14.1. The van der Waals surface area contributed by atoms with Crippen LogP contribution >= 0.6 is 7.82 Å². The molecule has 2 aliphatic rings. The Morgan fingerprint density at radius 1 is 1.14 bits per heavy atom. The van der Waals surface area contributed by atoms with Gasteiger partial charge < -0.3 is 36.0 Å². The molecule has 4 aromatic rings. The Hall–Kier alpha value is -3.69. The first-order chi connectivity index (χ1) is 20.3. The standard InChI is InChI=1S/C21H25F2N10O9P/c1-21(23)13(35)8(41-19(21)33-6-28-10-14(24)26-4-27-15(10)33)3-39-43(37,38)42-12-9(22)7(2-34)40-18(12)32-5-29-11-16(32)30-20(25)31-17(11)36/h4-9,12-13,18-19,34-35H,2-3H2,1H3,(H,37,38)(H2,24,26,27)(H3,25,30,31,36)/t7-,8-,9?,12?,13?,18?,19?,21+/m1/s1. The van der Waals surface area contributed by atoms with Crippen molar-refractivity contribution in [3.63, 3.8) is 0 Å². The van der Waals surface area contributed by atoms with E-state index < -0.39 is 75.3 Å². The van der Waals surface area contributed by atoms with Crippen LogP contribution in [0.2, 0.25) is 0 Å². The van der Waals surface area contributed by atoms with E-state index in [4.69, 9.17) is 30.0 Å². The van der Waals surface area contributed by atoms with Gasteiger partial charge in [0.15, 0.2) is 46.9 Å². The van der Waals surface area contributed by atoms with Crippen LogP contribution in [-0.4, -0.2) is 104 Å². The zero-order chi connectivity index (χ0) is 30.8. The first-order valence-electron chi connectivity index (χ1n) is 12.6. The molecule has 0 spiro atoms. The van der Waals surface area contributed by atoms with Gasteiger partial charge in [0.1, 0.15) is 36.3 Å². The fraction of sp³-hybridized carbons (Fsp3) is 0.524. The molecule has 6 unspecified atom stereocenters. The molecule has 2 saturated heterocycles. The molecular formula is C21H25F2N10O9P. The van der Waals surface area contributed by atoms with E-state index in [0.717, 1.165) is 24.1 Å². The van der Waals surface area contributed by atoms with Crippen molar-refractivity contribution >= 4 is 41.9 Å². The lowest BCUT2D eigenvalue weighted by molar-refractivity contribution is -0.0637. The number of nitrogens with two attached hydrogens (primary N) is 2. The van der Waals surface area contributed by atoms with Gasteiger partial charge >= 0.3 is 7.82 Å². The number of nitrogens with zero attached hydrogens (tertiary/aromatic N) is 7. The maximum absolute atomic E-state index is 15.7. The molecule has 0 aliphatic carbocycles. The predicted octanol–water partition coefficient (Wildman–Crippen LogP) is -1.16. The smallest absolute Gasteiger partial charge is 0.394 e. The highest BCUT2D eigenvalue weighted by molar-refractivity contribution is 7.47. The van der Waals surface area contributed by atoms with Crippen LogP contribution in [0.15, 0.2) is 23.8 Å². The number of phosphoric ester groups is 1. The number of phosphoric acid groups is 1. The van der Waals surface area contributed by atoms with Gasteiger partial charge in [-0.15, -0.1) is 0 Å². The highest BCUT2D eigenvalue weighted by Gasteiger charge is 2.56. The molecular weight excluding hydrogens is 605 g/mol. The van der Waals surface area contributed by atoms with Gasteiger partial charge in [0, 0.05) is 0 Å². The normalized spacial score (nSPS) is 32.6. The summed E-state index contributed by atoms with van der Waals surface area (Å²) in [4.78, 5) is 44.6. The molecule has 19 nitrogen and oxygen atoms in total. The summed E-state index contributed by atoms with van der Waals surface area (Å²) in [5.41, 5.74) is 8.11. The molecule has 8 N–H and O–H groups in total. The molecule has 0 amide bonds. The van der Waals surface area contributed by atoms with Gasteiger partial charge in [0.25, 0.3) is 5.56 Å². The quantitative estimate of drug-likeness (QED) is 0.125. The molecule has 0 saturated carbocycles. The highest BCUT2D eigenvalue weighted by atomic mass is 31.2. The number of imidazole rings is 2. The number of anilines is 2. The lowest BCUT2D eigenvalue weighted by Crippen LogP contribution is -2.40. The summed E-state index contributed by atoms with van der Waals surface area (Å²) in [5.74, 6) is -0.270. The number of halogens is 2. The summed E-state index contributed by atoms with van der Waals surface area (Å²) in [6, 6.07) is 0. The van der Waals surface area contributed by atoms with E-state index in [2.05, 4.69) is 29.9 Å². The van der Waals surface area contributed by atoms with Crippen LogP contribution < -0.4 is 17.0 Å². The monoisotopic (exact) mass is 630 g/mol. The van der Waals surface area contributed by atoms with E-state index in [-0.39, 0.29) is 34.1 Å². The van der Waals surface area contributed by atoms with Crippen LogP contribution in [0.25, 0.3) is 22.3 Å². The average molecular weight is 630 g/mol. The fourth-order valence-electron chi connectivity index (χ4n) is 5.05. The van der Waals surface area contributed by atoms with Crippen molar-refractivity contribution in [1.29, 1.82) is 0 Å². The molecule has 22 heteroatoms. The van der Waals surface area contributed by atoms with Crippen molar-refractivity contribution in [3.05, 3.63) is 29.3 Å². The van der Waals surface area contributed by atoms with Gasteiger partial charge in [-0.3, -0.25) is 28.0 Å². The maximum atomic E-state index is 15.7. The second kappa shape index (κ2) is 10.5. The number of hydrogen-bond donors (Lipinski definition) is 6.